The molecule has 1 heterocycles. The fourth-order valence-electron chi connectivity index (χ4n) is 2.35. The molecule has 1 N–H and O–H groups in total. The average molecular weight is 243 g/mol. The van der Waals surface area contributed by atoms with Gasteiger partial charge in [0.25, 0.3) is 0 Å². The van der Waals surface area contributed by atoms with E-state index in [1.54, 1.807) is 12.1 Å². The highest BCUT2D eigenvalue weighted by Crippen LogP contribution is 2.32. The molecule has 0 radical (unpaired) electrons. The van der Waals surface area contributed by atoms with Crippen molar-refractivity contribution in [2.45, 2.75) is 25.4 Å². The lowest BCUT2D eigenvalue weighted by molar-refractivity contribution is -0.137. The number of hydrogen-bond acceptors (Lipinski definition) is 1. The van der Waals surface area contributed by atoms with Crippen LogP contribution in [-0.2, 0) is 6.18 Å². The van der Waals surface area contributed by atoms with Crippen LogP contribution in [-0.4, -0.2) is 13.1 Å². The Labute approximate surface area is 99.0 Å². The van der Waals surface area contributed by atoms with Crippen LogP contribution in [0.1, 0.15) is 30.4 Å². The predicted molar refractivity (Wildman–Crippen MR) is 60.8 cm³/mol. The zero-order valence-corrected chi connectivity index (χ0v) is 9.72. The molecule has 0 spiro atoms. The van der Waals surface area contributed by atoms with Crippen molar-refractivity contribution in [1.29, 1.82) is 0 Å². The van der Waals surface area contributed by atoms with Crippen molar-refractivity contribution in [2.75, 3.05) is 13.1 Å². The number of halogens is 3. The smallest absolute Gasteiger partial charge is 0.316 e. The van der Waals surface area contributed by atoms with E-state index in [9.17, 15) is 13.2 Å². The second-order valence-electron chi connectivity index (χ2n) is 4.66. The highest BCUT2D eigenvalue weighted by Gasteiger charge is 2.30. The van der Waals surface area contributed by atoms with E-state index in [2.05, 4.69) is 12.2 Å². The molecular weight excluding hydrogens is 227 g/mol. The highest BCUT2D eigenvalue weighted by atomic mass is 19.4. The first-order valence-electron chi connectivity index (χ1n) is 5.86. The molecule has 2 rings (SSSR count). The summed E-state index contributed by atoms with van der Waals surface area (Å²) >= 11 is 0. The topological polar surface area (TPSA) is 12.0 Å². The molecule has 0 saturated carbocycles. The molecule has 17 heavy (non-hydrogen) atoms. The van der Waals surface area contributed by atoms with Crippen molar-refractivity contribution in [2.24, 2.45) is 5.92 Å². The summed E-state index contributed by atoms with van der Waals surface area (Å²) in [5.41, 5.74) is 0.421. The van der Waals surface area contributed by atoms with E-state index in [0.717, 1.165) is 25.1 Å². The number of rotatable bonds is 2. The molecule has 0 aromatic heterocycles. The van der Waals surface area contributed by atoms with Gasteiger partial charge in [0.05, 0.1) is 5.56 Å². The number of benzene rings is 1. The maximum atomic E-state index is 12.4. The Morgan fingerprint density at radius 1 is 1.24 bits per heavy atom. The van der Waals surface area contributed by atoms with Crippen molar-refractivity contribution in [1.82, 2.24) is 5.32 Å². The Morgan fingerprint density at radius 2 is 1.88 bits per heavy atom. The molecule has 1 fully saturated rings. The molecule has 4 heteroatoms. The first kappa shape index (κ1) is 12.4. The Balaban J connectivity index is 2.12. The highest BCUT2D eigenvalue weighted by molar-refractivity contribution is 5.27. The third kappa shape index (κ3) is 2.80. The summed E-state index contributed by atoms with van der Waals surface area (Å²) < 4.78 is 37.2. The molecule has 0 amide bonds. The maximum absolute atomic E-state index is 12.4. The predicted octanol–water partition coefficient (Wildman–Crippen LogP) is 3.42. The zero-order chi connectivity index (χ0) is 12.5. The van der Waals surface area contributed by atoms with E-state index in [1.165, 1.54) is 12.1 Å². The molecule has 2 atom stereocenters. The molecule has 1 aliphatic heterocycles. The Bertz CT molecular complexity index is 363. The molecule has 0 bridgehead atoms. The van der Waals surface area contributed by atoms with Gasteiger partial charge in [0.2, 0.25) is 0 Å². The summed E-state index contributed by atoms with van der Waals surface area (Å²) in [5, 5.41) is 3.28. The van der Waals surface area contributed by atoms with Gasteiger partial charge in [-0.05, 0) is 49.0 Å². The van der Waals surface area contributed by atoms with Crippen molar-refractivity contribution in [3.63, 3.8) is 0 Å². The van der Waals surface area contributed by atoms with Crippen molar-refractivity contribution in [3.8, 4) is 0 Å². The summed E-state index contributed by atoms with van der Waals surface area (Å²) in [4.78, 5) is 0. The van der Waals surface area contributed by atoms with Crippen LogP contribution in [0, 0.1) is 5.92 Å². The summed E-state index contributed by atoms with van der Waals surface area (Å²) in [6.07, 6.45) is -3.14. The van der Waals surface area contributed by atoms with Gasteiger partial charge in [-0.15, -0.1) is 0 Å². The van der Waals surface area contributed by atoms with Crippen LogP contribution in [0.4, 0.5) is 13.2 Å². The number of hydrogen-bond donors (Lipinski definition) is 1. The van der Waals surface area contributed by atoms with Gasteiger partial charge >= 0.3 is 6.18 Å². The Hall–Kier alpha value is -1.03. The largest absolute Gasteiger partial charge is 0.416 e. The fraction of sp³-hybridized carbons (Fsp3) is 0.538. The molecule has 94 valence electrons. The van der Waals surface area contributed by atoms with Crippen LogP contribution in [0.5, 0.6) is 0 Å². The second kappa shape index (κ2) is 4.69. The van der Waals surface area contributed by atoms with Crippen LogP contribution >= 0.6 is 0 Å². The van der Waals surface area contributed by atoms with Crippen LogP contribution in [0.15, 0.2) is 24.3 Å². The first-order valence-corrected chi connectivity index (χ1v) is 5.86. The van der Waals surface area contributed by atoms with E-state index < -0.39 is 11.7 Å². The molecule has 0 aliphatic carbocycles. The van der Waals surface area contributed by atoms with Gasteiger partial charge in [0.15, 0.2) is 0 Å². The third-order valence-electron chi connectivity index (χ3n) is 3.57. The lowest BCUT2D eigenvalue weighted by Crippen LogP contribution is -2.14. The molecule has 1 aliphatic rings. The molecule has 2 unspecified atom stereocenters. The third-order valence-corrected chi connectivity index (χ3v) is 3.57. The van der Waals surface area contributed by atoms with Gasteiger partial charge < -0.3 is 5.32 Å². The monoisotopic (exact) mass is 243 g/mol. The quantitative estimate of drug-likeness (QED) is 0.839. The average Bonchev–Trinajstić information content (AvgIpc) is 2.80. The number of nitrogens with one attached hydrogen (secondary N) is 1. The zero-order valence-electron chi connectivity index (χ0n) is 9.72. The van der Waals surface area contributed by atoms with Gasteiger partial charge in [0.1, 0.15) is 0 Å². The van der Waals surface area contributed by atoms with Crippen LogP contribution in [0.2, 0.25) is 0 Å². The second-order valence-corrected chi connectivity index (χ2v) is 4.66. The van der Waals surface area contributed by atoms with Gasteiger partial charge in [-0.2, -0.15) is 13.2 Å². The van der Waals surface area contributed by atoms with Gasteiger partial charge in [-0.3, -0.25) is 0 Å². The minimum atomic E-state index is -4.24. The Morgan fingerprint density at radius 3 is 2.35 bits per heavy atom. The van der Waals surface area contributed by atoms with Crippen molar-refractivity contribution < 1.29 is 13.2 Å². The SMILES string of the molecule is CC(c1ccc(C(F)(F)F)cc1)C1CCNC1. The normalized spacial score (nSPS) is 22.7. The molecular formula is C13H16F3N. The summed E-state index contributed by atoms with van der Waals surface area (Å²) in [5.74, 6) is 0.846. The van der Waals surface area contributed by atoms with E-state index in [1.807, 2.05) is 0 Å². The van der Waals surface area contributed by atoms with Crippen LogP contribution in [0.25, 0.3) is 0 Å². The lowest BCUT2D eigenvalue weighted by Gasteiger charge is -2.19. The van der Waals surface area contributed by atoms with Crippen LogP contribution in [0.3, 0.4) is 0 Å². The number of alkyl halides is 3. The Kier molecular flexibility index (Phi) is 3.43. The molecule has 1 aromatic rings. The van der Waals surface area contributed by atoms with E-state index in [4.69, 9.17) is 0 Å². The minimum absolute atomic E-state index is 0.312. The van der Waals surface area contributed by atoms with E-state index >= 15 is 0 Å². The van der Waals surface area contributed by atoms with E-state index in [0.29, 0.717) is 11.8 Å². The first-order chi connectivity index (χ1) is 7.98. The fourth-order valence-corrected chi connectivity index (χ4v) is 2.35. The van der Waals surface area contributed by atoms with E-state index in [-0.39, 0.29) is 0 Å². The maximum Gasteiger partial charge on any atom is 0.416 e. The minimum Gasteiger partial charge on any atom is -0.316 e. The molecule has 1 aromatic carbocycles. The molecule has 1 saturated heterocycles. The van der Waals surface area contributed by atoms with Crippen molar-refractivity contribution in [3.05, 3.63) is 35.4 Å². The van der Waals surface area contributed by atoms with Gasteiger partial charge in [0, 0.05) is 0 Å². The standard InChI is InChI=1S/C13H16F3N/c1-9(11-6-7-17-8-11)10-2-4-12(5-3-10)13(14,15)16/h2-5,9,11,17H,6-8H2,1H3. The summed E-state index contributed by atoms with van der Waals surface area (Å²) in [7, 11) is 0. The van der Waals surface area contributed by atoms with Gasteiger partial charge in [-0.1, -0.05) is 19.1 Å². The summed E-state index contributed by atoms with van der Waals surface area (Å²) in [6, 6.07) is 5.56. The summed E-state index contributed by atoms with van der Waals surface area (Å²) in [6.45, 7) is 4.05. The molecule has 1 nitrogen and oxygen atoms in total. The van der Waals surface area contributed by atoms with Gasteiger partial charge in [-0.25, -0.2) is 0 Å². The lowest BCUT2D eigenvalue weighted by atomic mass is 9.87. The van der Waals surface area contributed by atoms with Crippen LogP contribution < -0.4 is 5.32 Å². The van der Waals surface area contributed by atoms with Crippen molar-refractivity contribution >= 4 is 0 Å².